The third-order valence-electron chi connectivity index (χ3n) is 5.39. The number of aromatic amines is 1. The van der Waals surface area contributed by atoms with Gasteiger partial charge in [-0.15, -0.1) is 0 Å². The zero-order chi connectivity index (χ0) is 22.7. The second-order valence-corrected chi connectivity index (χ2v) is 7.73. The van der Waals surface area contributed by atoms with Crippen LogP contribution in [-0.4, -0.2) is 51.9 Å². The molecule has 0 radical (unpaired) electrons. The van der Waals surface area contributed by atoms with Crippen LogP contribution in [0.2, 0.25) is 0 Å². The Kier molecular flexibility index (Phi) is 6.16. The number of nitrogens with zero attached hydrogens (tertiary/aromatic N) is 2. The molecule has 1 aliphatic heterocycles. The molecule has 0 unspecified atom stereocenters. The minimum absolute atomic E-state index is 0.119. The molecule has 0 bridgehead atoms. The van der Waals surface area contributed by atoms with Crippen molar-refractivity contribution in [1.29, 1.82) is 0 Å². The van der Waals surface area contributed by atoms with Crippen molar-refractivity contribution in [3.63, 3.8) is 0 Å². The van der Waals surface area contributed by atoms with Crippen molar-refractivity contribution in [3.8, 4) is 5.75 Å². The number of amides is 2. The summed E-state index contributed by atoms with van der Waals surface area (Å²) in [7, 11) is 0. The molecule has 0 spiro atoms. The summed E-state index contributed by atoms with van der Waals surface area (Å²) in [6, 6.07) is 12.0. The van der Waals surface area contributed by atoms with Gasteiger partial charge in [0, 0.05) is 32.0 Å². The van der Waals surface area contributed by atoms with Crippen molar-refractivity contribution >= 4 is 22.8 Å². The highest BCUT2D eigenvalue weighted by Gasteiger charge is 2.28. The molecule has 2 amide bonds. The highest BCUT2D eigenvalue weighted by Crippen LogP contribution is 2.20. The SMILES string of the molecule is C[C@H](NC(=O)c1nc2ccccc2[nH]c1=O)C(=O)N1CCC(Oc2cccc(F)c2)CC1. The maximum atomic E-state index is 13.3. The van der Waals surface area contributed by atoms with Gasteiger partial charge in [-0.3, -0.25) is 14.4 Å². The predicted molar refractivity (Wildman–Crippen MR) is 116 cm³/mol. The summed E-state index contributed by atoms with van der Waals surface area (Å²) >= 11 is 0. The molecule has 1 fully saturated rings. The van der Waals surface area contributed by atoms with E-state index in [1.54, 1.807) is 48.2 Å². The molecule has 0 saturated carbocycles. The van der Waals surface area contributed by atoms with Crippen molar-refractivity contribution in [2.45, 2.75) is 31.9 Å². The van der Waals surface area contributed by atoms with Crippen LogP contribution in [0.1, 0.15) is 30.3 Å². The summed E-state index contributed by atoms with van der Waals surface area (Å²) in [5.74, 6) is -0.857. The van der Waals surface area contributed by atoms with Gasteiger partial charge in [-0.2, -0.15) is 0 Å². The molecule has 4 rings (SSSR count). The van der Waals surface area contributed by atoms with Gasteiger partial charge in [-0.25, -0.2) is 9.37 Å². The third kappa shape index (κ3) is 4.77. The molecule has 2 aromatic carbocycles. The Bertz CT molecular complexity index is 1200. The quantitative estimate of drug-likeness (QED) is 0.636. The number of carbonyl (C=O) groups excluding carboxylic acids is 2. The second kappa shape index (κ2) is 9.17. The van der Waals surface area contributed by atoms with Gasteiger partial charge in [-0.05, 0) is 31.2 Å². The molecule has 9 heteroatoms. The van der Waals surface area contributed by atoms with Crippen molar-refractivity contribution in [3.05, 3.63) is 70.4 Å². The number of nitrogens with one attached hydrogen (secondary N) is 2. The van der Waals surface area contributed by atoms with Crippen LogP contribution in [0.15, 0.2) is 53.3 Å². The van der Waals surface area contributed by atoms with Crippen LogP contribution < -0.4 is 15.6 Å². The average molecular weight is 438 g/mol. The zero-order valence-electron chi connectivity index (χ0n) is 17.5. The number of halogens is 1. The number of hydrogen-bond donors (Lipinski definition) is 2. The monoisotopic (exact) mass is 438 g/mol. The number of benzene rings is 2. The normalized spacial score (nSPS) is 15.4. The topological polar surface area (TPSA) is 104 Å². The van der Waals surface area contributed by atoms with Gasteiger partial charge in [0.15, 0.2) is 5.69 Å². The average Bonchev–Trinajstić information content (AvgIpc) is 2.78. The van der Waals surface area contributed by atoms with Crippen LogP contribution in [0, 0.1) is 5.82 Å². The first-order valence-corrected chi connectivity index (χ1v) is 10.4. The maximum Gasteiger partial charge on any atom is 0.280 e. The van der Waals surface area contributed by atoms with E-state index in [0.717, 1.165) is 0 Å². The molecule has 1 aliphatic rings. The lowest BCUT2D eigenvalue weighted by atomic mass is 10.1. The number of H-pyrrole nitrogens is 1. The first-order valence-electron chi connectivity index (χ1n) is 10.4. The summed E-state index contributed by atoms with van der Waals surface area (Å²) in [6.07, 6.45) is 1.06. The molecule has 2 heterocycles. The molecule has 166 valence electrons. The summed E-state index contributed by atoms with van der Waals surface area (Å²) in [5.41, 5.74) is 0.111. The highest BCUT2D eigenvalue weighted by atomic mass is 19.1. The minimum atomic E-state index is -0.823. The minimum Gasteiger partial charge on any atom is -0.490 e. The van der Waals surface area contributed by atoms with Crippen molar-refractivity contribution in [1.82, 2.24) is 20.2 Å². The largest absolute Gasteiger partial charge is 0.490 e. The molecule has 8 nitrogen and oxygen atoms in total. The highest BCUT2D eigenvalue weighted by molar-refractivity contribution is 5.96. The molecular formula is C23H23FN4O4. The van der Waals surface area contributed by atoms with Crippen LogP contribution in [0.4, 0.5) is 4.39 Å². The summed E-state index contributed by atoms with van der Waals surface area (Å²) in [6.45, 7) is 2.48. The Morgan fingerprint density at radius 3 is 2.69 bits per heavy atom. The number of likely N-dealkylation sites (tertiary alicyclic amines) is 1. The first-order chi connectivity index (χ1) is 15.4. The predicted octanol–water partition coefficient (Wildman–Crippen LogP) is 2.25. The van der Waals surface area contributed by atoms with E-state index in [1.165, 1.54) is 12.1 Å². The number of rotatable bonds is 5. The van der Waals surface area contributed by atoms with Gasteiger partial charge in [0.05, 0.1) is 11.0 Å². The van der Waals surface area contributed by atoms with Crippen LogP contribution in [0.25, 0.3) is 11.0 Å². The van der Waals surface area contributed by atoms with Crippen molar-refractivity contribution in [2.75, 3.05) is 13.1 Å². The second-order valence-electron chi connectivity index (χ2n) is 7.73. The van der Waals surface area contributed by atoms with Crippen LogP contribution in [0.5, 0.6) is 5.75 Å². The third-order valence-corrected chi connectivity index (χ3v) is 5.39. The lowest BCUT2D eigenvalue weighted by molar-refractivity contribution is -0.134. The van der Waals surface area contributed by atoms with E-state index in [9.17, 15) is 18.8 Å². The molecule has 32 heavy (non-hydrogen) atoms. The van der Waals surface area contributed by atoms with E-state index in [2.05, 4.69) is 15.3 Å². The Hall–Kier alpha value is -3.75. The number of carbonyl (C=O) groups is 2. The number of hydrogen-bond acceptors (Lipinski definition) is 5. The lowest BCUT2D eigenvalue weighted by Gasteiger charge is -2.33. The Labute approximate surface area is 183 Å². The molecule has 1 saturated heterocycles. The Morgan fingerprint density at radius 1 is 1.19 bits per heavy atom. The summed E-state index contributed by atoms with van der Waals surface area (Å²) in [4.78, 5) is 46.0. The fraction of sp³-hybridized carbons (Fsp3) is 0.304. The fourth-order valence-electron chi connectivity index (χ4n) is 3.71. The van der Waals surface area contributed by atoms with Gasteiger partial charge in [0.2, 0.25) is 5.91 Å². The van der Waals surface area contributed by atoms with Gasteiger partial charge in [0.25, 0.3) is 11.5 Å². The number of fused-ring (bicyclic) bond motifs is 1. The van der Waals surface area contributed by atoms with E-state index in [0.29, 0.717) is 42.7 Å². The first kappa shape index (κ1) is 21.5. The molecule has 2 N–H and O–H groups in total. The fourth-order valence-corrected chi connectivity index (χ4v) is 3.71. The van der Waals surface area contributed by atoms with E-state index >= 15 is 0 Å². The van der Waals surface area contributed by atoms with E-state index in [4.69, 9.17) is 4.74 Å². The van der Waals surface area contributed by atoms with Gasteiger partial charge in [-0.1, -0.05) is 18.2 Å². The van der Waals surface area contributed by atoms with Crippen LogP contribution in [-0.2, 0) is 4.79 Å². The molecular weight excluding hydrogens is 415 g/mol. The summed E-state index contributed by atoms with van der Waals surface area (Å²) < 4.78 is 19.1. The van der Waals surface area contributed by atoms with Gasteiger partial charge >= 0.3 is 0 Å². The molecule has 1 aromatic heterocycles. The Morgan fingerprint density at radius 2 is 1.94 bits per heavy atom. The lowest BCUT2D eigenvalue weighted by Crippen LogP contribution is -2.51. The van der Waals surface area contributed by atoms with E-state index in [-0.39, 0.29) is 23.5 Å². The van der Waals surface area contributed by atoms with Gasteiger partial charge < -0.3 is 19.9 Å². The maximum absolute atomic E-state index is 13.3. The number of para-hydroxylation sites is 2. The van der Waals surface area contributed by atoms with Crippen molar-refractivity contribution in [2.24, 2.45) is 0 Å². The number of piperidine rings is 1. The van der Waals surface area contributed by atoms with Crippen LogP contribution in [0.3, 0.4) is 0 Å². The van der Waals surface area contributed by atoms with E-state index < -0.39 is 17.5 Å². The number of aromatic nitrogens is 2. The van der Waals surface area contributed by atoms with Crippen molar-refractivity contribution < 1.29 is 18.7 Å². The smallest absolute Gasteiger partial charge is 0.280 e. The zero-order valence-corrected chi connectivity index (χ0v) is 17.5. The molecule has 3 aromatic rings. The van der Waals surface area contributed by atoms with E-state index in [1.807, 2.05) is 0 Å². The van der Waals surface area contributed by atoms with Gasteiger partial charge in [0.1, 0.15) is 23.7 Å². The standard InChI is InChI=1S/C23H23FN4O4/c1-14(25-21(29)20-22(30)27-19-8-3-2-7-18(19)26-20)23(31)28-11-9-16(10-12-28)32-17-6-4-5-15(24)13-17/h2-8,13-14,16H,9-12H2,1H3,(H,25,29)(H,27,30)/t14-/m0/s1. The molecule has 1 atom stereocenters. The molecule has 0 aliphatic carbocycles. The number of ether oxygens (including phenoxy) is 1. The van der Waals surface area contributed by atoms with Crippen LogP contribution >= 0.6 is 0 Å². The summed E-state index contributed by atoms with van der Waals surface area (Å²) in [5, 5.41) is 2.57. The Balaban J connectivity index is 1.34.